The zero-order valence-electron chi connectivity index (χ0n) is 14.9. The van der Waals surface area contributed by atoms with Gasteiger partial charge in [0.1, 0.15) is 11.3 Å². The van der Waals surface area contributed by atoms with Crippen molar-refractivity contribution in [2.24, 2.45) is 5.10 Å². The van der Waals surface area contributed by atoms with Crippen LogP contribution in [0.2, 0.25) is 0 Å². The molecule has 0 unspecified atom stereocenters. The molecule has 0 saturated carbocycles. The lowest BCUT2D eigenvalue weighted by atomic mass is 10.1. The molecule has 1 aliphatic heterocycles. The SMILES string of the molecule is CCCCn1c(=O)c(C=NN2CCOCC2)c(O)c2cccc(C)c21. The Morgan fingerprint density at radius 1 is 1.32 bits per heavy atom. The van der Waals surface area contributed by atoms with E-state index in [2.05, 4.69) is 12.0 Å². The first kappa shape index (κ1) is 17.5. The van der Waals surface area contributed by atoms with Crippen molar-refractivity contribution >= 4 is 17.1 Å². The Morgan fingerprint density at radius 3 is 2.80 bits per heavy atom. The van der Waals surface area contributed by atoms with Crippen molar-refractivity contribution in [3.63, 3.8) is 0 Å². The molecule has 1 saturated heterocycles. The fraction of sp³-hybridized carbons (Fsp3) is 0.474. The maximum absolute atomic E-state index is 13.0. The van der Waals surface area contributed by atoms with Gasteiger partial charge in [-0.2, -0.15) is 5.10 Å². The van der Waals surface area contributed by atoms with Crippen molar-refractivity contribution in [1.82, 2.24) is 9.58 Å². The molecule has 1 aromatic carbocycles. The maximum atomic E-state index is 13.0. The molecular weight excluding hydrogens is 318 g/mol. The number of para-hydroxylation sites is 1. The molecule has 1 aromatic heterocycles. The molecule has 0 aliphatic carbocycles. The van der Waals surface area contributed by atoms with Crippen LogP contribution < -0.4 is 5.56 Å². The number of pyridine rings is 1. The number of unbranched alkanes of at least 4 members (excludes halogenated alkanes) is 1. The first-order chi connectivity index (χ1) is 12.1. The van der Waals surface area contributed by atoms with E-state index in [1.807, 2.05) is 30.1 Å². The van der Waals surface area contributed by atoms with Crippen LogP contribution >= 0.6 is 0 Å². The molecule has 134 valence electrons. The summed E-state index contributed by atoms with van der Waals surface area (Å²) < 4.78 is 7.08. The van der Waals surface area contributed by atoms with Gasteiger partial charge in [0.25, 0.3) is 5.56 Å². The number of hydrogen-bond donors (Lipinski definition) is 1. The van der Waals surface area contributed by atoms with Gasteiger partial charge in [-0.15, -0.1) is 0 Å². The Balaban J connectivity index is 2.11. The smallest absolute Gasteiger partial charge is 0.263 e. The van der Waals surface area contributed by atoms with Crippen molar-refractivity contribution in [2.45, 2.75) is 33.2 Å². The van der Waals surface area contributed by atoms with E-state index < -0.39 is 0 Å². The van der Waals surface area contributed by atoms with Gasteiger partial charge in [0.15, 0.2) is 0 Å². The van der Waals surface area contributed by atoms with Crippen molar-refractivity contribution in [2.75, 3.05) is 26.3 Å². The largest absolute Gasteiger partial charge is 0.506 e. The van der Waals surface area contributed by atoms with Gasteiger partial charge in [-0.05, 0) is 25.0 Å². The topological polar surface area (TPSA) is 67.1 Å². The van der Waals surface area contributed by atoms with Crippen LogP contribution in [0.3, 0.4) is 0 Å². The predicted octanol–water partition coefficient (Wildman–Crippen LogP) is 2.48. The summed E-state index contributed by atoms with van der Waals surface area (Å²) in [6.07, 6.45) is 3.40. The number of benzene rings is 1. The molecule has 3 rings (SSSR count). The third-order valence-corrected chi connectivity index (χ3v) is 4.57. The monoisotopic (exact) mass is 343 g/mol. The Hall–Kier alpha value is -2.34. The number of aromatic hydroxyl groups is 1. The highest BCUT2D eigenvalue weighted by Crippen LogP contribution is 2.28. The lowest BCUT2D eigenvalue weighted by Crippen LogP contribution is -2.32. The van der Waals surface area contributed by atoms with Crippen LogP contribution in [0.4, 0.5) is 0 Å². The van der Waals surface area contributed by atoms with E-state index in [4.69, 9.17) is 4.74 Å². The molecular formula is C19H25N3O3. The molecule has 0 spiro atoms. The van der Waals surface area contributed by atoms with E-state index in [-0.39, 0.29) is 16.9 Å². The number of hydrazone groups is 1. The fourth-order valence-electron chi connectivity index (χ4n) is 3.16. The minimum atomic E-state index is -0.190. The molecule has 0 bridgehead atoms. The summed E-state index contributed by atoms with van der Waals surface area (Å²) in [4.78, 5) is 13.0. The molecule has 1 aliphatic rings. The molecule has 6 heteroatoms. The molecule has 0 radical (unpaired) electrons. The zero-order valence-corrected chi connectivity index (χ0v) is 14.9. The van der Waals surface area contributed by atoms with E-state index in [9.17, 15) is 9.90 Å². The summed E-state index contributed by atoms with van der Waals surface area (Å²) in [5.74, 6) is 0.00783. The van der Waals surface area contributed by atoms with Crippen molar-refractivity contribution in [1.29, 1.82) is 0 Å². The zero-order chi connectivity index (χ0) is 17.8. The van der Waals surface area contributed by atoms with E-state index in [0.29, 0.717) is 38.2 Å². The highest BCUT2D eigenvalue weighted by molar-refractivity contribution is 5.96. The van der Waals surface area contributed by atoms with Crippen LogP contribution in [0.15, 0.2) is 28.1 Å². The number of hydrogen-bond acceptors (Lipinski definition) is 5. The van der Waals surface area contributed by atoms with Gasteiger partial charge in [0.2, 0.25) is 0 Å². The number of ether oxygens (including phenoxy) is 1. The van der Waals surface area contributed by atoms with Crippen molar-refractivity contribution in [3.05, 3.63) is 39.7 Å². The van der Waals surface area contributed by atoms with E-state index in [0.717, 1.165) is 23.9 Å². The Bertz CT molecular complexity index is 836. The number of aromatic nitrogens is 1. The average molecular weight is 343 g/mol. The number of rotatable bonds is 5. The summed E-state index contributed by atoms with van der Waals surface area (Å²) >= 11 is 0. The summed E-state index contributed by atoms with van der Waals surface area (Å²) in [5, 5.41) is 17.6. The summed E-state index contributed by atoms with van der Waals surface area (Å²) in [7, 11) is 0. The van der Waals surface area contributed by atoms with E-state index in [1.165, 1.54) is 6.21 Å². The third-order valence-electron chi connectivity index (χ3n) is 4.57. The lowest BCUT2D eigenvalue weighted by Gasteiger charge is -2.23. The number of aryl methyl sites for hydroxylation is 2. The van der Waals surface area contributed by atoms with Crippen LogP contribution in [0.25, 0.3) is 10.9 Å². The Kier molecular flexibility index (Phi) is 5.38. The normalized spacial score (nSPS) is 15.4. The summed E-state index contributed by atoms with van der Waals surface area (Å²) in [5.41, 5.74) is 1.85. The molecule has 0 atom stereocenters. The van der Waals surface area contributed by atoms with Crippen LogP contribution in [-0.2, 0) is 11.3 Å². The molecule has 0 amide bonds. The standard InChI is InChI=1S/C19H25N3O3/c1-3-4-8-22-17-14(2)6-5-7-15(17)18(23)16(19(22)24)13-20-21-9-11-25-12-10-21/h5-7,13,23H,3-4,8-12H2,1-2H3. The lowest BCUT2D eigenvalue weighted by molar-refractivity contribution is 0.0397. The number of morpholine rings is 1. The molecule has 25 heavy (non-hydrogen) atoms. The molecule has 2 heterocycles. The second-order valence-electron chi connectivity index (χ2n) is 6.35. The average Bonchev–Trinajstić information content (AvgIpc) is 2.63. The van der Waals surface area contributed by atoms with Gasteiger partial charge in [-0.3, -0.25) is 9.80 Å². The highest BCUT2D eigenvalue weighted by atomic mass is 16.5. The van der Waals surface area contributed by atoms with Gasteiger partial charge < -0.3 is 14.4 Å². The van der Waals surface area contributed by atoms with Gasteiger partial charge >= 0.3 is 0 Å². The van der Waals surface area contributed by atoms with Gasteiger partial charge in [0, 0.05) is 11.9 Å². The Labute approximate surface area is 147 Å². The highest BCUT2D eigenvalue weighted by Gasteiger charge is 2.17. The number of nitrogens with zero attached hydrogens (tertiary/aromatic N) is 3. The second kappa shape index (κ2) is 7.70. The van der Waals surface area contributed by atoms with Gasteiger partial charge in [0.05, 0.1) is 38.0 Å². The minimum Gasteiger partial charge on any atom is -0.506 e. The van der Waals surface area contributed by atoms with E-state index >= 15 is 0 Å². The van der Waals surface area contributed by atoms with Crippen LogP contribution in [0, 0.1) is 6.92 Å². The first-order valence-corrected chi connectivity index (χ1v) is 8.85. The molecule has 6 nitrogen and oxygen atoms in total. The van der Waals surface area contributed by atoms with Crippen LogP contribution in [-0.4, -0.2) is 47.2 Å². The Morgan fingerprint density at radius 2 is 2.08 bits per heavy atom. The van der Waals surface area contributed by atoms with Gasteiger partial charge in [-0.1, -0.05) is 25.5 Å². The third kappa shape index (κ3) is 3.54. The molecule has 2 aromatic rings. The second-order valence-corrected chi connectivity index (χ2v) is 6.35. The minimum absolute atomic E-state index is 0.00783. The van der Waals surface area contributed by atoms with Crippen molar-refractivity contribution < 1.29 is 9.84 Å². The predicted molar refractivity (Wildman–Crippen MR) is 99.5 cm³/mol. The van der Waals surface area contributed by atoms with Crippen LogP contribution in [0.1, 0.15) is 30.9 Å². The van der Waals surface area contributed by atoms with Crippen molar-refractivity contribution in [3.8, 4) is 5.75 Å². The fourth-order valence-corrected chi connectivity index (χ4v) is 3.16. The quantitative estimate of drug-likeness (QED) is 0.847. The van der Waals surface area contributed by atoms with Crippen LogP contribution in [0.5, 0.6) is 5.75 Å². The first-order valence-electron chi connectivity index (χ1n) is 8.85. The summed E-state index contributed by atoms with van der Waals surface area (Å²) in [6, 6.07) is 5.71. The van der Waals surface area contributed by atoms with Gasteiger partial charge in [-0.25, -0.2) is 0 Å². The van der Waals surface area contributed by atoms with E-state index in [1.54, 1.807) is 4.57 Å². The maximum Gasteiger partial charge on any atom is 0.263 e. The molecule has 1 fully saturated rings. The molecule has 1 N–H and O–H groups in total. The number of fused-ring (bicyclic) bond motifs is 1. The summed E-state index contributed by atoms with van der Waals surface area (Å²) in [6.45, 7) is 7.33.